The van der Waals surface area contributed by atoms with Gasteiger partial charge in [-0.05, 0) is 50.1 Å². The first kappa shape index (κ1) is 26.6. The van der Waals surface area contributed by atoms with Gasteiger partial charge in [-0.25, -0.2) is 4.39 Å². The van der Waals surface area contributed by atoms with Crippen LogP contribution in [0.1, 0.15) is 54.3 Å². The van der Waals surface area contributed by atoms with Gasteiger partial charge >= 0.3 is 6.18 Å². The summed E-state index contributed by atoms with van der Waals surface area (Å²) in [4.78, 5) is 36.6. The van der Waals surface area contributed by atoms with Crippen molar-refractivity contribution in [3.05, 3.63) is 53.6 Å². The highest BCUT2D eigenvalue weighted by Crippen LogP contribution is 2.28. The first-order valence-corrected chi connectivity index (χ1v) is 10.3. The molecule has 0 saturated carbocycles. The average molecular weight is 483 g/mol. The number of hydrogen-bond acceptors (Lipinski definition) is 4. The monoisotopic (exact) mass is 483 g/mol. The molecule has 3 amide bonds. The van der Waals surface area contributed by atoms with E-state index in [1.165, 1.54) is 36.0 Å². The van der Waals surface area contributed by atoms with Crippen molar-refractivity contribution in [2.75, 3.05) is 18.4 Å². The third-order valence-electron chi connectivity index (χ3n) is 4.79. The molecule has 0 aliphatic heterocycles. The van der Waals surface area contributed by atoms with Crippen LogP contribution in [0.4, 0.5) is 23.2 Å². The van der Waals surface area contributed by atoms with E-state index in [2.05, 4.69) is 22.3 Å². The summed E-state index contributed by atoms with van der Waals surface area (Å²) < 4.78 is 53.2. The number of alkyl halides is 3. The normalized spacial score (nSPS) is 12.2. The Morgan fingerprint density at radius 2 is 1.85 bits per heavy atom. The largest absolute Gasteiger partial charge is 0.405 e. The molecule has 0 spiro atoms. The molecule has 0 aliphatic carbocycles. The van der Waals surface area contributed by atoms with Crippen LogP contribution in [0.3, 0.4) is 0 Å². The molecule has 0 aliphatic rings. The third-order valence-corrected chi connectivity index (χ3v) is 4.79. The van der Waals surface area contributed by atoms with Crippen molar-refractivity contribution < 1.29 is 31.9 Å². The predicted molar refractivity (Wildman–Crippen MR) is 118 cm³/mol. The summed E-state index contributed by atoms with van der Waals surface area (Å²) in [5, 5.41) is 10.5. The molecular weight excluding hydrogens is 458 g/mol. The number of carbonyl (C=O) groups excluding carboxylic acids is 3. The van der Waals surface area contributed by atoms with Crippen molar-refractivity contribution >= 4 is 29.5 Å². The number of hydrogen-bond donors (Lipinski definition) is 3. The first-order chi connectivity index (χ1) is 15.8. The van der Waals surface area contributed by atoms with Gasteiger partial charge in [-0.3, -0.25) is 19.1 Å². The molecule has 34 heavy (non-hydrogen) atoms. The molecule has 12 heteroatoms. The molecule has 0 radical (unpaired) electrons. The molecule has 1 unspecified atom stereocenters. The molecule has 1 aromatic heterocycles. The zero-order valence-electron chi connectivity index (χ0n) is 18.8. The zero-order valence-corrected chi connectivity index (χ0v) is 18.8. The molecule has 0 bridgehead atoms. The predicted octanol–water partition coefficient (Wildman–Crippen LogP) is 3.40. The Bertz CT molecular complexity index is 1080. The highest BCUT2D eigenvalue weighted by Gasteiger charge is 2.29. The molecule has 0 saturated heterocycles. The number of amides is 3. The number of nitrogens with zero attached hydrogens (tertiary/aromatic N) is 2. The zero-order chi connectivity index (χ0) is 25.6. The summed E-state index contributed by atoms with van der Waals surface area (Å²) in [7, 11) is 0. The summed E-state index contributed by atoms with van der Waals surface area (Å²) in [5.41, 5.74) is 0.356. The quantitative estimate of drug-likeness (QED) is 0.476. The maximum Gasteiger partial charge on any atom is 0.405 e. The van der Waals surface area contributed by atoms with E-state index in [4.69, 9.17) is 0 Å². The third kappa shape index (κ3) is 6.90. The number of aromatic nitrogens is 2. The fraction of sp³-hybridized carbons (Fsp3) is 0.364. The molecule has 1 aromatic carbocycles. The maximum atomic E-state index is 14.6. The standard InChI is InChI=1S/C22H25F4N5O3/c1-5-14-8-17(16(23)9-15(14)13(4)20(33)28-11-22(24,25)26)30-19(32)10-27-21(34)18-6-7-29-31(18)12(2)3/h5-9,12-13H,1,10-11H2,2-4H3,(H,27,34)(H,28,33)(H,30,32). The Hall–Kier alpha value is -3.70. The maximum absolute atomic E-state index is 14.6. The van der Waals surface area contributed by atoms with Gasteiger partial charge in [-0.15, -0.1) is 0 Å². The van der Waals surface area contributed by atoms with Crippen molar-refractivity contribution in [1.29, 1.82) is 0 Å². The van der Waals surface area contributed by atoms with Crippen LogP contribution >= 0.6 is 0 Å². The van der Waals surface area contributed by atoms with Crippen molar-refractivity contribution in [1.82, 2.24) is 20.4 Å². The van der Waals surface area contributed by atoms with Gasteiger partial charge in [-0.2, -0.15) is 18.3 Å². The van der Waals surface area contributed by atoms with E-state index >= 15 is 0 Å². The van der Waals surface area contributed by atoms with Gasteiger partial charge in [0.15, 0.2) is 0 Å². The summed E-state index contributed by atoms with van der Waals surface area (Å²) in [5.74, 6) is -4.22. The Labute approximate surface area is 193 Å². The van der Waals surface area contributed by atoms with E-state index in [0.29, 0.717) is 0 Å². The van der Waals surface area contributed by atoms with Crippen molar-refractivity contribution in [3.8, 4) is 0 Å². The highest BCUT2D eigenvalue weighted by atomic mass is 19.4. The fourth-order valence-electron chi connectivity index (χ4n) is 3.09. The molecule has 2 aromatic rings. The highest BCUT2D eigenvalue weighted by molar-refractivity contribution is 5.98. The van der Waals surface area contributed by atoms with Crippen LogP contribution < -0.4 is 16.0 Å². The summed E-state index contributed by atoms with van der Waals surface area (Å²) in [6.07, 6.45) is -1.85. The lowest BCUT2D eigenvalue weighted by atomic mass is 9.94. The van der Waals surface area contributed by atoms with Crippen molar-refractivity contribution in [3.63, 3.8) is 0 Å². The van der Waals surface area contributed by atoms with Gasteiger partial charge in [0.1, 0.15) is 18.1 Å². The van der Waals surface area contributed by atoms with Crippen molar-refractivity contribution in [2.24, 2.45) is 0 Å². The second-order valence-corrected chi connectivity index (χ2v) is 7.71. The minimum Gasteiger partial charge on any atom is -0.346 e. The Morgan fingerprint density at radius 3 is 2.44 bits per heavy atom. The summed E-state index contributed by atoms with van der Waals surface area (Å²) in [6.45, 7) is 6.59. The van der Waals surface area contributed by atoms with E-state index in [9.17, 15) is 31.9 Å². The molecule has 184 valence electrons. The minimum atomic E-state index is -4.58. The van der Waals surface area contributed by atoms with Crippen molar-refractivity contribution in [2.45, 2.75) is 38.9 Å². The van der Waals surface area contributed by atoms with Gasteiger partial charge in [0.25, 0.3) is 5.91 Å². The number of halogens is 4. The molecule has 2 rings (SSSR count). The second-order valence-electron chi connectivity index (χ2n) is 7.71. The summed E-state index contributed by atoms with van der Waals surface area (Å²) >= 11 is 0. The Morgan fingerprint density at radius 1 is 1.18 bits per heavy atom. The molecule has 8 nitrogen and oxygen atoms in total. The van der Waals surface area contributed by atoms with Gasteiger partial charge < -0.3 is 16.0 Å². The lowest BCUT2D eigenvalue weighted by Crippen LogP contribution is -2.36. The van der Waals surface area contributed by atoms with Gasteiger partial charge in [0.2, 0.25) is 11.8 Å². The Balaban J connectivity index is 2.08. The van der Waals surface area contributed by atoms with Crippen LogP contribution in [0.5, 0.6) is 0 Å². The first-order valence-electron chi connectivity index (χ1n) is 10.3. The van der Waals surface area contributed by atoms with E-state index in [0.717, 1.165) is 6.07 Å². The van der Waals surface area contributed by atoms with Gasteiger partial charge in [-0.1, -0.05) is 12.7 Å². The second kappa shape index (κ2) is 10.9. The van der Waals surface area contributed by atoms with Crippen LogP contribution in [0, 0.1) is 5.82 Å². The van der Waals surface area contributed by atoms with Gasteiger partial charge in [0, 0.05) is 12.2 Å². The van der Waals surface area contributed by atoms with Crippen LogP contribution in [0.25, 0.3) is 6.08 Å². The number of benzene rings is 1. The van der Waals surface area contributed by atoms with Crippen LogP contribution in [-0.4, -0.2) is 46.8 Å². The lowest BCUT2D eigenvalue weighted by Gasteiger charge is -2.18. The molecular formula is C22H25F4N5O3. The minimum absolute atomic E-state index is 0.0764. The SMILES string of the molecule is C=Cc1cc(NC(=O)CNC(=O)c2ccnn2C(C)C)c(F)cc1C(C)C(=O)NCC(F)(F)F. The lowest BCUT2D eigenvalue weighted by molar-refractivity contribution is -0.139. The number of anilines is 1. The molecule has 3 N–H and O–H groups in total. The average Bonchev–Trinajstić information content (AvgIpc) is 3.26. The van der Waals surface area contributed by atoms with E-state index in [-0.39, 0.29) is 28.6 Å². The Kier molecular flexibility index (Phi) is 8.55. The fourth-order valence-corrected chi connectivity index (χ4v) is 3.09. The van der Waals surface area contributed by atoms with Crippen LogP contribution in [-0.2, 0) is 9.59 Å². The molecule has 1 heterocycles. The summed E-state index contributed by atoms with van der Waals surface area (Å²) in [6, 6.07) is 3.57. The topological polar surface area (TPSA) is 105 Å². The number of rotatable bonds is 9. The van der Waals surface area contributed by atoms with E-state index in [1.807, 2.05) is 13.8 Å². The van der Waals surface area contributed by atoms with Crippen LogP contribution in [0.2, 0.25) is 0 Å². The number of carbonyl (C=O) groups is 3. The smallest absolute Gasteiger partial charge is 0.346 e. The molecule has 1 atom stereocenters. The van der Waals surface area contributed by atoms with Gasteiger partial charge in [0.05, 0.1) is 18.2 Å². The number of nitrogens with one attached hydrogen (secondary N) is 3. The molecule has 0 fully saturated rings. The van der Waals surface area contributed by atoms with E-state index in [1.54, 1.807) is 5.32 Å². The van der Waals surface area contributed by atoms with Crippen LogP contribution in [0.15, 0.2) is 31.0 Å². The van der Waals surface area contributed by atoms with E-state index < -0.39 is 48.7 Å².